The number of rotatable bonds is 7. The molecule has 0 atom stereocenters. The molecule has 0 unspecified atom stereocenters. The maximum Gasteiger partial charge on any atom is 0.262 e. The molecule has 2 amide bonds. The van der Waals surface area contributed by atoms with Crippen molar-refractivity contribution in [2.45, 2.75) is 20.4 Å². The number of carbonyl (C=O) groups is 2. The lowest BCUT2D eigenvalue weighted by molar-refractivity contribution is -0.118. The Labute approximate surface area is 177 Å². The van der Waals surface area contributed by atoms with Crippen molar-refractivity contribution in [2.75, 3.05) is 11.9 Å². The Morgan fingerprint density at radius 1 is 1.07 bits per heavy atom. The van der Waals surface area contributed by atoms with E-state index >= 15 is 0 Å². The third-order valence-corrected chi connectivity index (χ3v) is 4.66. The Balaban J connectivity index is 1.51. The second-order valence-electron chi connectivity index (χ2n) is 6.54. The van der Waals surface area contributed by atoms with Gasteiger partial charge in [0.05, 0.1) is 12.8 Å². The molecule has 0 fully saturated rings. The van der Waals surface area contributed by atoms with Crippen molar-refractivity contribution in [1.82, 2.24) is 5.32 Å². The van der Waals surface area contributed by atoms with Gasteiger partial charge in [-0.2, -0.15) is 0 Å². The van der Waals surface area contributed by atoms with E-state index in [0.29, 0.717) is 29.3 Å². The van der Waals surface area contributed by atoms with Gasteiger partial charge >= 0.3 is 0 Å². The molecule has 0 aliphatic carbocycles. The number of hydrogen-bond acceptors (Lipinski definition) is 4. The highest BCUT2D eigenvalue weighted by atomic mass is 79.9. The molecule has 0 spiro atoms. The van der Waals surface area contributed by atoms with Crippen LogP contribution in [0.15, 0.2) is 63.7 Å². The zero-order chi connectivity index (χ0) is 20.8. The summed E-state index contributed by atoms with van der Waals surface area (Å²) >= 11 is 3.44. The van der Waals surface area contributed by atoms with Crippen molar-refractivity contribution >= 4 is 33.4 Å². The number of ether oxygens (including phenoxy) is 1. The van der Waals surface area contributed by atoms with Crippen molar-refractivity contribution in [1.29, 1.82) is 0 Å². The normalized spacial score (nSPS) is 10.4. The highest BCUT2D eigenvalue weighted by Gasteiger charge is 2.10. The van der Waals surface area contributed by atoms with Gasteiger partial charge in [-0.1, -0.05) is 15.9 Å². The minimum Gasteiger partial charge on any atom is -0.483 e. The molecule has 29 heavy (non-hydrogen) atoms. The van der Waals surface area contributed by atoms with Crippen LogP contribution in [-0.2, 0) is 11.3 Å². The van der Waals surface area contributed by atoms with Crippen molar-refractivity contribution in [3.63, 3.8) is 0 Å². The predicted molar refractivity (Wildman–Crippen MR) is 114 cm³/mol. The average Bonchev–Trinajstić information content (AvgIpc) is 3.19. The lowest BCUT2D eigenvalue weighted by atomic mass is 10.1. The van der Waals surface area contributed by atoms with Gasteiger partial charge in [0.25, 0.3) is 11.8 Å². The van der Waals surface area contributed by atoms with Gasteiger partial charge in [0, 0.05) is 15.7 Å². The van der Waals surface area contributed by atoms with Crippen LogP contribution in [0.3, 0.4) is 0 Å². The van der Waals surface area contributed by atoms with Gasteiger partial charge in [0.2, 0.25) is 0 Å². The lowest BCUT2D eigenvalue weighted by Gasteiger charge is -2.13. The molecule has 6 nitrogen and oxygen atoms in total. The summed E-state index contributed by atoms with van der Waals surface area (Å²) in [4.78, 5) is 24.3. The van der Waals surface area contributed by atoms with Crippen LogP contribution >= 0.6 is 15.9 Å². The van der Waals surface area contributed by atoms with E-state index in [0.717, 1.165) is 15.6 Å². The Morgan fingerprint density at radius 2 is 1.76 bits per heavy atom. The van der Waals surface area contributed by atoms with E-state index in [1.807, 2.05) is 26.0 Å². The molecule has 0 radical (unpaired) electrons. The molecule has 0 saturated heterocycles. The molecule has 2 N–H and O–H groups in total. The molecule has 7 heteroatoms. The lowest BCUT2D eigenvalue weighted by Crippen LogP contribution is -2.23. The minimum absolute atomic E-state index is 0.102. The first-order valence-electron chi connectivity index (χ1n) is 9.02. The van der Waals surface area contributed by atoms with Crippen LogP contribution in [0.4, 0.5) is 5.69 Å². The molecule has 3 aromatic rings. The van der Waals surface area contributed by atoms with Crippen molar-refractivity contribution in [3.8, 4) is 5.75 Å². The summed E-state index contributed by atoms with van der Waals surface area (Å²) in [6.07, 6.45) is 1.56. The number of nitrogens with one attached hydrogen (secondary N) is 2. The molecule has 3 rings (SSSR count). The smallest absolute Gasteiger partial charge is 0.262 e. The first-order valence-corrected chi connectivity index (χ1v) is 9.81. The second kappa shape index (κ2) is 9.43. The summed E-state index contributed by atoms with van der Waals surface area (Å²) in [7, 11) is 0. The van der Waals surface area contributed by atoms with Crippen LogP contribution in [0.1, 0.15) is 27.2 Å². The Kier molecular flexibility index (Phi) is 6.72. The predicted octanol–water partition coefficient (Wildman–Crippen LogP) is 4.61. The fourth-order valence-corrected chi connectivity index (χ4v) is 3.53. The molecule has 0 saturated carbocycles. The molecule has 1 aromatic heterocycles. The van der Waals surface area contributed by atoms with Crippen LogP contribution < -0.4 is 15.4 Å². The maximum absolute atomic E-state index is 12.2. The molecule has 150 valence electrons. The number of halogens is 1. The zero-order valence-corrected chi connectivity index (χ0v) is 17.7. The van der Waals surface area contributed by atoms with E-state index in [9.17, 15) is 9.59 Å². The van der Waals surface area contributed by atoms with E-state index in [2.05, 4.69) is 26.6 Å². The van der Waals surface area contributed by atoms with Crippen LogP contribution in [0, 0.1) is 13.8 Å². The number of carbonyl (C=O) groups excluding carboxylic acids is 2. The van der Waals surface area contributed by atoms with Gasteiger partial charge in [0.1, 0.15) is 11.5 Å². The number of aryl methyl sites for hydroxylation is 2. The largest absolute Gasteiger partial charge is 0.483 e. The van der Waals surface area contributed by atoms with Crippen LogP contribution in [-0.4, -0.2) is 18.4 Å². The van der Waals surface area contributed by atoms with Crippen LogP contribution in [0.25, 0.3) is 0 Å². The van der Waals surface area contributed by atoms with Crippen LogP contribution in [0.5, 0.6) is 5.75 Å². The van der Waals surface area contributed by atoms with Crippen LogP contribution in [0.2, 0.25) is 0 Å². The van der Waals surface area contributed by atoms with Gasteiger partial charge in [-0.25, -0.2) is 0 Å². The first-order chi connectivity index (χ1) is 13.9. The van der Waals surface area contributed by atoms with Gasteiger partial charge in [-0.05, 0) is 73.5 Å². The van der Waals surface area contributed by atoms with Crippen molar-refractivity contribution < 1.29 is 18.7 Å². The molecule has 0 aliphatic heterocycles. The minimum atomic E-state index is -0.276. The van der Waals surface area contributed by atoms with E-state index in [4.69, 9.17) is 9.15 Å². The Bertz CT molecular complexity index is 975. The van der Waals surface area contributed by atoms with E-state index < -0.39 is 0 Å². The maximum atomic E-state index is 12.2. The zero-order valence-electron chi connectivity index (χ0n) is 16.1. The third-order valence-electron chi connectivity index (χ3n) is 4.21. The summed E-state index contributed by atoms with van der Waals surface area (Å²) in [5.74, 6) is 0.885. The van der Waals surface area contributed by atoms with Gasteiger partial charge in [-0.15, -0.1) is 0 Å². The number of furan rings is 1. The molecular formula is C22H21BrN2O4. The SMILES string of the molecule is Cc1cc(Br)cc(C)c1OCC(=O)Nc1ccc(C(=O)NCc2ccco2)cc1. The Hall–Kier alpha value is -3.06. The summed E-state index contributed by atoms with van der Waals surface area (Å²) in [5, 5.41) is 5.53. The number of benzene rings is 2. The summed E-state index contributed by atoms with van der Waals surface area (Å²) in [6.45, 7) is 4.08. The molecule has 0 bridgehead atoms. The number of anilines is 1. The highest BCUT2D eigenvalue weighted by molar-refractivity contribution is 9.10. The topological polar surface area (TPSA) is 80.6 Å². The summed E-state index contributed by atoms with van der Waals surface area (Å²) in [6, 6.07) is 14.1. The van der Waals surface area contributed by atoms with Gasteiger partial charge in [0.15, 0.2) is 6.61 Å². The Morgan fingerprint density at radius 3 is 2.38 bits per heavy atom. The number of amides is 2. The average molecular weight is 457 g/mol. The molecule has 1 heterocycles. The fourth-order valence-electron chi connectivity index (χ4n) is 2.85. The standard InChI is InChI=1S/C22H21BrN2O4/c1-14-10-17(23)11-15(2)21(14)29-13-20(26)25-18-7-5-16(6-8-18)22(27)24-12-19-4-3-9-28-19/h3-11H,12-13H2,1-2H3,(H,24,27)(H,25,26). The second-order valence-corrected chi connectivity index (χ2v) is 7.46. The first kappa shape index (κ1) is 20.7. The number of hydrogen-bond donors (Lipinski definition) is 2. The monoisotopic (exact) mass is 456 g/mol. The van der Waals surface area contributed by atoms with Gasteiger partial charge in [-0.3, -0.25) is 9.59 Å². The molecule has 2 aromatic carbocycles. The van der Waals surface area contributed by atoms with Crippen molar-refractivity contribution in [3.05, 3.63) is 81.7 Å². The van der Waals surface area contributed by atoms with Crippen molar-refractivity contribution in [2.24, 2.45) is 0 Å². The quantitative estimate of drug-likeness (QED) is 0.543. The van der Waals surface area contributed by atoms with E-state index in [-0.39, 0.29) is 18.4 Å². The van der Waals surface area contributed by atoms with E-state index in [1.165, 1.54) is 0 Å². The molecule has 0 aliphatic rings. The highest BCUT2D eigenvalue weighted by Crippen LogP contribution is 2.27. The summed E-state index contributed by atoms with van der Waals surface area (Å²) in [5.41, 5.74) is 2.99. The van der Waals surface area contributed by atoms with E-state index in [1.54, 1.807) is 42.7 Å². The van der Waals surface area contributed by atoms with Gasteiger partial charge < -0.3 is 19.8 Å². The fraction of sp³-hybridized carbons (Fsp3) is 0.182. The summed E-state index contributed by atoms with van der Waals surface area (Å²) < 4.78 is 11.8. The molecular weight excluding hydrogens is 436 g/mol. The third kappa shape index (κ3) is 5.71.